The van der Waals surface area contributed by atoms with Crippen molar-refractivity contribution in [2.75, 3.05) is 5.32 Å². The maximum Gasteiger partial charge on any atom is 0.271 e. The summed E-state index contributed by atoms with van der Waals surface area (Å²) in [6, 6.07) is 12.8. The Hall–Kier alpha value is -3.28. The molecule has 1 aromatic heterocycles. The van der Waals surface area contributed by atoms with Crippen LogP contribution in [0.5, 0.6) is 0 Å². The summed E-state index contributed by atoms with van der Waals surface area (Å²) in [5.41, 5.74) is 4.88. The predicted molar refractivity (Wildman–Crippen MR) is 115 cm³/mol. The lowest BCUT2D eigenvalue weighted by Gasteiger charge is -2.22. The highest BCUT2D eigenvalue weighted by molar-refractivity contribution is 5.93. The first-order valence-corrected chi connectivity index (χ1v) is 10.2. The number of aryl methyl sites for hydroxylation is 1. The highest BCUT2D eigenvalue weighted by atomic mass is 19.1. The fourth-order valence-corrected chi connectivity index (χ4v) is 3.85. The van der Waals surface area contributed by atoms with Gasteiger partial charge in [0.05, 0.1) is 5.69 Å². The number of anilines is 1. The normalized spacial score (nSPS) is 14.1. The molecule has 1 aliphatic carbocycles. The molecular weight excluding hydrogens is 381 g/mol. The smallest absolute Gasteiger partial charge is 0.271 e. The van der Waals surface area contributed by atoms with Crippen molar-refractivity contribution in [3.8, 4) is 11.3 Å². The van der Waals surface area contributed by atoms with Crippen LogP contribution in [0, 0.1) is 12.7 Å². The molecule has 0 unspecified atom stereocenters. The number of aromatic nitrogens is 2. The molecule has 1 N–H and O–H groups in total. The third-order valence-electron chi connectivity index (χ3n) is 5.61. The van der Waals surface area contributed by atoms with Crippen molar-refractivity contribution in [3.63, 3.8) is 0 Å². The van der Waals surface area contributed by atoms with Gasteiger partial charge in [-0.15, -0.1) is 0 Å². The van der Waals surface area contributed by atoms with Crippen LogP contribution in [0.4, 0.5) is 10.1 Å². The zero-order chi connectivity index (χ0) is 21.3. The molecule has 1 amide bonds. The van der Waals surface area contributed by atoms with Crippen molar-refractivity contribution in [1.82, 2.24) is 9.78 Å². The van der Waals surface area contributed by atoms with Crippen molar-refractivity contribution in [1.29, 1.82) is 0 Å². The quantitative estimate of drug-likeness (QED) is 0.698. The van der Waals surface area contributed by atoms with Gasteiger partial charge in [-0.05, 0) is 69.4 Å². The van der Waals surface area contributed by atoms with Crippen LogP contribution in [-0.2, 0) is 17.6 Å². The highest BCUT2D eigenvalue weighted by Crippen LogP contribution is 2.29. The van der Waals surface area contributed by atoms with Crippen LogP contribution in [0.1, 0.15) is 42.5 Å². The molecule has 6 heteroatoms. The van der Waals surface area contributed by atoms with E-state index in [4.69, 9.17) is 0 Å². The molecule has 1 heterocycles. The summed E-state index contributed by atoms with van der Waals surface area (Å²) in [6.07, 6.45) is 3.49. The lowest BCUT2D eigenvalue weighted by molar-refractivity contribution is -0.119. The number of hydrogen-bond acceptors (Lipinski definition) is 3. The number of rotatable bonds is 4. The average Bonchev–Trinajstić information content (AvgIpc) is 2.76. The molecule has 154 valence electrons. The number of nitrogens with one attached hydrogen (secondary N) is 1. The van der Waals surface area contributed by atoms with Gasteiger partial charge in [0.25, 0.3) is 5.56 Å². The van der Waals surface area contributed by atoms with E-state index in [1.54, 1.807) is 6.92 Å². The van der Waals surface area contributed by atoms with Gasteiger partial charge >= 0.3 is 0 Å². The summed E-state index contributed by atoms with van der Waals surface area (Å²) in [6.45, 7) is 3.68. The van der Waals surface area contributed by atoms with Gasteiger partial charge in [0.15, 0.2) is 0 Å². The Labute approximate surface area is 174 Å². The second kappa shape index (κ2) is 8.22. The van der Waals surface area contributed by atoms with E-state index in [0.717, 1.165) is 47.2 Å². The topological polar surface area (TPSA) is 64.0 Å². The molecule has 0 fully saturated rings. The molecule has 5 nitrogen and oxygen atoms in total. The second-order valence-electron chi connectivity index (χ2n) is 7.80. The third-order valence-corrected chi connectivity index (χ3v) is 5.61. The Morgan fingerprint density at radius 1 is 1.03 bits per heavy atom. The van der Waals surface area contributed by atoms with E-state index in [0.29, 0.717) is 12.1 Å². The summed E-state index contributed by atoms with van der Waals surface area (Å²) in [5, 5.41) is 7.38. The lowest BCUT2D eigenvalue weighted by atomic mass is 9.89. The van der Waals surface area contributed by atoms with Gasteiger partial charge in [-0.1, -0.05) is 29.8 Å². The van der Waals surface area contributed by atoms with Crippen LogP contribution in [0.2, 0.25) is 0 Å². The summed E-state index contributed by atoms with van der Waals surface area (Å²) < 4.78 is 14.4. The fraction of sp³-hybridized carbons (Fsp3) is 0.292. The number of halogens is 1. The molecule has 0 aliphatic heterocycles. The molecule has 30 heavy (non-hydrogen) atoms. The zero-order valence-electron chi connectivity index (χ0n) is 17.1. The number of carbonyl (C=O) groups excluding carboxylic acids is 1. The van der Waals surface area contributed by atoms with E-state index in [9.17, 15) is 14.0 Å². The maximum atomic E-state index is 13.2. The molecule has 0 spiro atoms. The number of hydrogen-bond donors (Lipinski definition) is 1. The van der Waals surface area contributed by atoms with Crippen LogP contribution in [0.15, 0.2) is 53.3 Å². The average molecular weight is 405 g/mol. The van der Waals surface area contributed by atoms with E-state index in [1.807, 2.05) is 31.2 Å². The van der Waals surface area contributed by atoms with Crippen LogP contribution in [0.3, 0.4) is 0 Å². The number of amides is 1. The standard InChI is InChI=1S/C24H24FN3O2/c1-15-7-9-17(10-8-15)22-20-5-3-4-6-21(20)24(30)28(27-22)16(2)23(29)26-19-13-11-18(25)12-14-19/h7-14,16H,3-6H2,1-2H3,(H,26,29)/t16-/m1/s1. The predicted octanol–water partition coefficient (Wildman–Crippen LogP) is 4.44. The number of fused-ring (bicyclic) bond motifs is 1. The maximum absolute atomic E-state index is 13.2. The second-order valence-corrected chi connectivity index (χ2v) is 7.80. The summed E-state index contributed by atoms with van der Waals surface area (Å²) >= 11 is 0. The van der Waals surface area contributed by atoms with Crippen LogP contribution >= 0.6 is 0 Å². The Morgan fingerprint density at radius 2 is 1.67 bits per heavy atom. The summed E-state index contributed by atoms with van der Waals surface area (Å²) in [5.74, 6) is -0.752. The van der Waals surface area contributed by atoms with Gasteiger partial charge in [0, 0.05) is 16.8 Å². The summed E-state index contributed by atoms with van der Waals surface area (Å²) in [4.78, 5) is 26.0. The molecular formula is C24H24FN3O2. The van der Waals surface area contributed by atoms with Crippen molar-refractivity contribution in [3.05, 3.63) is 81.4 Å². The number of carbonyl (C=O) groups is 1. The fourth-order valence-electron chi connectivity index (χ4n) is 3.85. The van der Waals surface area contributed by atoms with Gasteiger partial charge in [-0.3, -0.25) is 9.59 Å². The van der Waals surface area contributed by atoms with Crippen molar-refractivity contribution in [2.45, 2.75) is 45.6 Å². The van der Waals surface area contributed by atoms with Gasteiger partial charge in [-0.25, -0.2) is 9.07 Å². The number of benzene rings is 2. The van der Waals surface area contributed by atoms with Gasteiger partial charge in [-0.2, -0.15) is 5.10 Å². The Balaban J connectivity index is 1.74. The van der Waals surface area contributed by atoms with Crippen LogP contribution in [0.25, 0.3) is 11.3 Å². The van der Waals surface area contributed by atoms with E-state index in [-0.39, 0.29) is 17.3 Å². The lowest BCUT2D eigenvalue weighted by Crippen LogP contribution is -2.37. The molecule has 2 aromatic carbocycles. The van der Waals surface area contributed by atoms with Crippen molar-refractivity contribution >= 4 is 11.6 Å². The highest BCUT2D eigenvalue weighted by Gasteiger charge is 2.25. The van der Waals surface area contributed by atoms with Gasteiger partial charge in [0.1, 0.15) is 11.9 Å². The third kappa shape index (κ3) is 3.90. The van der Waals surface area contributed by atoms with Crippen LogP contribution in [-0.4, -0.2) is 15.7 Å². The zero-order valence-corrected chi connectivity index (χ0v) is 17.1. The minimum Gasteiger partial charge on any atom is -0.324 e. The minimum atomic E-state index is -0.807. The van der Waals surface area contributed by atoms with E-state index >= 15 is 0 Å². The first-order chi connectivity index (χ1) is 14.4. The largest absolute Gasteiger partial charge is 0.324 e. The molecule has 0 saturated carbocycles. The molecule has 1 aliphatic rings. The molecule has 0 radical (unpaired) electrons. The van der Waals surface area contributed by atoms with E-state index in [1.165, 1.54) is 28.9 Å². The van der Waals surface area contributed by atoms with Crippen LogP contribution < -0.4 is 10.9 Å². The van der Waals surface area contributed by atoms with E-state index in [2.05, 4.69) is 10.4 Å². The Bertz CT molecular complexity index is 1130. The monoisotopic (exact) mass is 405 g/mol. The minimum absolute atomic E-state index is 0.206. The molecule has 0 bridgehead atoms. The first kappa shape index (κ1) is 20.0. The molecule has 0 saturated heterocycles. The van der Waals surface area contributed by atoms with Gasteiger partial charge < -0.3 is 5.32 Å². The molecule has 1 atom stereocenters. The Morgan fingerprint density at radius 3 is 2.33 bits per heavy atom. The Kier molecular flexibility index (Phi) is 5.48. The van der Waals surface area contributed by atoms with E-state index < -0.39 is 6.04 Å². The van der Waals surface area contributed by atoms with Crippen molar-refractivity contribution < 1.29 is 9.18 Å². The summed E-state index contributed by atoms with van der Waals surface area (Å²) in [7, 11) is 0. The van der Waals surface area contributed by atoms with Crippen molar-refractivity contribution in [2.24, 2.45) is 0 Å². The van der Waals surface area contributed by atoms with Gasteiger partial charge in [0.2, 0.25) is 5.91 Å². The molecule has 4 rings (SSSR count). The first-order valence-electron chi connectivity index (χ1n) is 10.2. The SMILES string of the molecule is Cc1ccc(-c2nn([C@H](C)C(=O)Nc3ccc(F)cc3)c(=O)c3c2CCCC3)cc1. The molecule has 3 aromatic rings. The number of nitrogens with zero attached hydrogens (tertiary/aromatic N) is 2.